The van der Waals surface area contributed by atoms with Crippen LogP contribution in [0.5, 0.6) is 11.5 Å². The number of nitrogens with zero attached hydrogens (tertiary/aromatic N) is 2. The van der Waals surface area contributed by atoms with Gasteiger partial charge in [-0.25, -0.2) is 0 Å². The normalized spacial score (nSPS) is 18.0. The van der Waals surface area contributed by atoms with Gasteiger partial charge in [0.1, 0.15) is 17.3 Å². The topological polar surface area (TPSA) is 79.3 Å². The van der Waals surface area contributed by atoms with Gasteiger partial charge in [-0.15, -0.1) is 0 Å². The highest BCUT2D eigenvalue weighted by Crippen LogP contribution is 2.43. The van der Waals surface area contributed by atoms with Crippen molar-refractivity contribution in [2.45, 2.75) is 6.04 Å². The lowest BCUT2D eigenvalue weighted by atomic mass is 9.94. The van der Waals surface area contributed by atoms with E-state index in [2.05, 4.69) is 15.9 Å². The Hall–Kier alpha value is -2.84. The van der Waals surface area contributed by atoms with Crippen LogP contribution in [0.15, 0.2) is 52.5 Å². The first-order chi connectivity index (χ1) is 14.8. The number of Topliss-reactive ketones (excluding diaryl/α,β-unsaturated/α-hetero) is 1. The lowest BCUT2D eigenvalue weighted by molar-refractivity contribution is -0.140. The molecule has 164 valence electrons. The molecule has 2 aromatic rings. The van der Waals surface area contributed by atoms with E-state index in [9.17, 15) is 14.7 Å². The molecular weight excluding hydrogens is 464 g/mol. The van der Waals surface area contributed by atoms with Crippen LogP contribution in [0.2, 0.25) is 0 Å². The highest BCUT2D eigenvalue weighted by atomic mass is 79.9. The van der Waals surface area contributed by atoms with E-state index in [0.29, 0.717) is 35.7 Å². The van der Waals surface area contributed by atoms with Gasteiger partial charge in [0, 0.05) is 28.7 Å². The quantitative estimate of drug-likeness (QED) is 0.365. The summed E-state index contributed by atoms with van der Waals surface area (Å²) in [4.78, 5) is 29.5. The number of likely N-dealkylation sites (tertiary alicyclic amines) is 1. The van der Waals surface area contributed by atoms with Crippen LogP contribution in [0.3, 0.4) is 0 Å². The summed E-state index contributed by atoms with van der Waals surface area (Å²) in [6.45, 7) is 0.855. The summed E-state index contributed by atoms with van der Waals surface area (Å²) in [5.41, 5.74) is 1.04. The van der Waals surface area contributed by atoms with Crippen LogP contribution in [0.4, 0.5) is 0 Å². The van der Waals surface area contributed by atoms with Crippen LogP contribution in [0.25, 0.3) is 5.76 Å². The number of aliphatic hydroxyl groups excluding tert-OH is 1. The Bertz CT molecular complexity index is 1020. The Morgan fingerprint density at radius 2 is 1.77 bits per heavy atom. The number of ether oxygens (including phenoxy) is 2. The molecular formula is C23H25BrN2O5. The predicted molar refractivity (Wildman–Crippen MR) is 121 cm³/mol. The van der Waals surface area contributed by atoms with Gasteiger partial charge in [-0.2, -0.15) is 0 Å². The number of halogens is 1. The number of amides is 1. The predicted octanol–water partition coefficient (Wildman–Crippen LogP) is 3.45. The molecule has 3 rings (SSSR count). The fraction of sp³-hybridized carbons (Fsp3) is 0.304. The molecule has 0 radical (unpaired) electrons. The number of rotatable bonds is 7. The number of carbonyl (C=O) groups excluding carboxylic acids is 2. The van der Waals surface area contributed by atoms with Gasteiger partial charge in [0.2, 0.25) is 0 Å². The Balaban J connectivity index is 2.23. The average Bonchev–Trinajstić information content (AvgIpc) is 3.01. The molecule has 1 aliphatic heterocycles. The second-order valence-corrected chi connectivity index (χ2v) is 8.33. The first-order valence-corrected chi connectivity index (χ1v) is 10.5. The smallest absolute Gasteiger partial charge is 0.295 e. The average molecular weight is 489 g/mol. The van der Waals surface area contributed by atoms with Crippen molar-refractivity contribution in [3.63, 3.8) is 0 Å². The maximum absolute atomic E-state index is 13.1. The zero-order valence-corrected chi connectivity index (χ0v) is 19.5. The monoisotopic (exact) mass is 488 g/mol. The van der Waals surface area contributed by atoms with Gasteiger partial charge in [0.15, 0.2) is 0 Å². The summed E-state index contributed by atoms with van der Waals surface area (Å²) in [7, 11) is 6.83. The maximum Gasteiger partial charge on any atom is 0.295 e. The Kier molecular flexibility index (Phi) is 7.02. The molecule has 0 bridgehead atoms. The number of benzene rings is 2. The standard InChI is InChI=1S/C23H25BrN2O5/c1-25(2)11-12-26-20(17-13-16(30-3)9-10-18(17)31-4)19(22(28)23(26)29)21(27)14-5-7-15(24)8-6-14/h5-10,13,20,27H,11-12H2,1-4H3. The lowest BCUT2D eigenvalue weighted by Crippen LogP contribution is -2.35. The second kappa shape index (κ2) is 9.53. The minimum absolute atomic E-state index is 0.0256. The molecule has 1 atom stereocenters. The summed E-state index contributed by atoms with van der Waals surface area (Å²) in [6, 6.07) is 11.3. The molecule has 31 heavy (non-hydrogen) atoms. The molecule has 0 saturated carbocycles. The summed E-state index contributed by atoms with van der Waals surface area (Å²) in [5.74, 6) is -0.570. The molecule has 1 fully saturated rings. The molecule has 1 N–H and O–H groups in total. The van der Waals surface area contributed by atoms with Crippen molar-refractivity contribution in [3.05, 3.63) is 63.6 Å². The number of aliphatic hydroxyl groups is 1. The van der Waals surface area contributed by atoms with E-state index < -0.39 is 17.7 Å². The summed E-state index contributed by atoms with van der Waals surface area (Å²) < 4.78 is 11.7. The summed E-state index contributed by atoms with van der Waals surface area (Å²) in [5, 5.41) is 11.1. The number of carbonyl (C=O) groups is 2. The molecule has 7 nitrogen and oxygen atoms in total. The highest BCUT2D eigenvalue weighted by Gasteiger charge is 2.47. The minimum Gasteiger partial charge on any atom is -0.507 e. The van der Waals surface area contributed by atoms with Crippen LogP contribution >= 0.6 is 15.9 Å². The van der Waals surface area contributed by atoms with Gasteiger partial charge in [-0.05, 0) is 44.4 Å². The SMILES string of the molecule is COc1ccc(OC)c(C2C(=C(O)c3ccc(Br)cc3)C(=O)C(=O)N2CCN(C)C)c1. The number of ketones is 1. The van der Waals surface area contributed by atoms with Crippen LogP contribution < -0.4 is 9.47 Å². The van der Waals surface area contributed by atoms with Crippen molar-refractivity contribution in [3.8, 4) is 11.5 Å². The van der Waals surface area contributed by atoms with E-state index >= 15 is 0 Å². The van der Waals surface area contributed by atoms with Gasteiger partial charge in [-0.3, -0.25) is 9.59 Å². The van der Waals surface area contributed by atoms with Crippen LogP contribution in [-0.4, -0.2) is 68.0 Å². The van der Waals surface area contributed by atoms with Crippen LogP contribution in [0.1, 0.15) is 17.2 Å². The van der Waals surface area contributed by atoms with Gasteiger partial charge >= 0.3 is 0 Å². The molecule has 1 aliphatic rings. The number of hydrogen-bond donors (Lipinski definition) is 1. The number of likely N-dealkylation sites (N-methyl/N-ethyl adjacent to an activating group) is 1. The third kappa shape index (κ3) is 4.60. The maximum atomic E-state index is 13.1. The fourth-order valence-electron chi connectivity index (χ4n) is 3.56. The second-order valence-electron chi connectivity index (χ2n) is 7.41. The van der Waals surface area contributed by atoms with Crippen molar-refractivity contribution < 1.29 is 24.2 Å². The number of hydrogen-bond acceptors (Lipinski definition) is 6. The molecule has 0 spiro atoms. The van der Waals surface area contributed by atoms with E-state index in [-0.39, 0.29) is 11.3 Å². The molecule has 1 saturated heterocycles. The molecule has 0 aromatic heterocycles. The van der Waals surface area contributed by atoms with Gasteiger partial charge in [0.05, 0.1) is 25.8 Å². The van der Waals surface area contributed by atoms with Crippen molar-refractivity contribution in [2.24, 2.45) is 0 Å². The largest absolute Gasteiger partial charge is 0.507 e. The first kappa shape index (κ1) is 22.8. The molecule has 0 aliphatic carbocycles. The van der Waals surface area contributed by atoms with E-state index in [4.69, 9.17) is 9.47 Å². The highest BCUT2D eigenvalue weighted by molar-refractivity contribution is 9.10. The van der Waals surface area contributed by atoms with E-state index in [1.165, 1.54) is 19.1 Å². The molecule has 1 heterocycles. The Labute approximate surface area is 190 Å². The molecule has 8 heteroatoms. The number of methoxy groups -OCH3 is 2. The lowest BCUT2D eigenvalue weighted by Gasteiger charge is -2.28. The van der Waals surface area contributed by atoms with Gasteiger partial charge < -0.3 is 24.4 Å². The van der Waals surface area contributed by atoms with E-state index in [1.54, 1.807) is 42.5 Å². The molecule has 1 unspecified atom stereocenters. The van der Waals surface area contributed by atoms with Crippen molar-refractivity contribution in [2.75, 3.05) is 41.4 Å². The van der Waals surface area contributed by atoms with Crippen molar-refractivity contribution >= 4 is 33.4 Å². The van der Waals surface area contributed by atoms with Crippen LogP contribution in [0, 0.1) is 0 Å². The van der Waals surface area contributed by atoms with E-state index in [0.717, 1.165) is 4.47 Å². The Morgan fingerprint density at radius 3 is 2.35 bits per heavy atom. The van der Waals surface area contributed by atoms with E-state index in [1.807, 2.05) is 19.0 Å². The van der Waals surface area contributed by atoms with Gasteiger partial charge in [0.25, 0.3) is 11.7 Å². The first-order valence-electron chi connectivity index (χ1n) is 9.69. The zero-order chi connectivity index (χ0) is 22.7. The van der Waals surface area contributed by atoms with Gasteiger partial charge in [-0.1, -0.05) is 28.1 Å². The van der Waals surface area contributed by atoms with Crippen molar-refractivity contribution in [1.29, 1.82) is 0 Å². The molecule has 1 amide bonds. The summed E-state index contributed by atoms with van der Waals surface area (Å²) >= 11 is 3.36. The Morgan fingerprint density at radius 1 is 1.10 bits per heavy atom. The fourth-order valence-corrected chi connectivity index (χ4v) is 3.82. The molecule has 2 aromatic carbocycles. The van der Waals surface area contributed by atoms with Crippen molar-refractivity contribution in [1.82, 2.24) is 9.80 Å². The third-order valence-corrected chi connectivity index (χ3v) is 5.71. The van der Waals surface area contributed by atoms with Crippen LogP contribution in [-0.2, 0) is 9.59 Å². The minimum atomic E-state index is -0.811. The zero-order valence-electron chi connectivity index (χ0n) is 17.9. The third-order valence-electron chi connectivity index (χ3n) is 5.18. The summed E-state index contributed by atoms with van der Waals surface area (Å²) in [6.07, 6.45) is 0.